The van der Waals surface area contributed by atoms with E-state index in [4.69, 9.17) is 4.84 Å². The molecule has 1 aliphatic rings. The predicted octanol–water partition coefficient (Wildman–Crippen LogP) is 1.71. The molecule has 0 spiro atoms. The van der Waals surface area contributed by atoms with Crippen molar-refractivity contribution in [1.82, 2.24) is 10.8 Å². The topological polar surface area (TPSA) is 67.4 Å². The molecule has 5 nitrogen and oxygen atoms in total. The molecule has 0 heterocycles. The van der Waals surface area contributed by atoms with Gasteiger partial charge in [0.15, 0.2) is 6.61 Å². The number of hydrogen-bond acceptors (Lipinski definition) is 3. The molecule has 2 N–H and O–H groups in total. The molecule has 1 fully saturated rings. The van der Waals surface area contributed by atoms with Gasteiger partial charge in [-0.25, -0.2) is 5.48 Å². The fourth-order valence-corrected chi connectivity index (χ4v) is 2.33. The van der Waals surface area contributed by atoms with Crippen LogP contribution in [0.4, 0.5) is 0 Å². The molecule has 114 valence electrons. The second-order valence-electron chi connectivity index (χ2n) is 5.47. The number of fused-ring (bicyclic) bond motifs is 1. The van der Waals surface area contributed by atoms with Crippen molar-refractivity contribution < 1.29 is 14.4 Å². The van der Waals surface area contributed by atoms with Crippen molar-refractivity contribution in [2.45, 2.75) is 25.3 Å². The standard InChI is InChI=1S/C17H18N2O3/c20-16(19-22-11-17(21)18-14-8-9-14)10-13-6-3-5-12-4-1-2-7-15(12)13/h1-7,14H,8-11H2,(H,18,21)(H,19,20). The van der Waals surface area contributed by atoms with E-state index in [1.807, 2.05) is 42.5 Å². The molecular formula is C17H18N2O3. The minimum absolute atomic E-state index is 0.155. The second-order valence-corrected chi connectivity index (χ2v) is 5.47. The fraction of sp³-hybridized carbons (Fsp3) is 0.294. The summed E-state index contributed by atoms with van der Waals surface area (Å²) in [6.45, 7) is -0.155. The molecule has 0 aliphatic heterocycles. The van der Waals surface area contributed by atoms with Gasteiger partial charge in [0, 0.05) is 6.04 Å². The Hall–Kier alpha value is -2.40. The Morgan fingerprint density at radius 2 is 1.82 bits per heavy atom. The Balaban J connectivity index is 1.51. The molecule has 3 rings (SSSR count). The van der Waals surface area contributed by atoms with E-state index in [1.165, 1.54) is 0 Å². The Morgan fingerprint density at radius 1 is 1.05 bits per heavy atom. The van der Waals surface area contributed by atoms with Crippen molar-refractivity contribution in [2.75, 3.05) is 6.61 Å². The highest BCUT2D eigenvalue weighted by molar-refractivity contribution is 5.90. The molecule has 5 heteroatoms. The lowest BCUT2D eigenvalue weighted by molar-refractivity contribution is -0.138. The lowest BCUT2D eigenvalue weighted by Crippen LogP contribution is -2.34. The van der Waals surface area contributed by atoms with Gasteiger partial charge >= 0.3 is 0 Å². The molecule has 0 saturated heterocycles. The molecule has 22 heavy (non-hydrogen) atoms. The number of carbonyl (C=O) groups is 2. The van der Waals surface area contributed by atoms with Gasteiger partial charge in [0.2, 0.25) is 11.8 Å². The van der Waals surface area contributed by atoms with Gasteiger partial charge in [-0.2, -0.15) is 0 Å². The summed E-state index contributed by atoms with van der Waals surface area (Å²) in [6.07, 6.45) is 2.27. The van der Waals surface area contributed by atoms with Crippen LogP contribution < -0.4 is 10.8 Å². The quantitative estimate of drug-likeness (QED) is 0.798. The van der Waals surface area contributed by atoms with Crippen LogP contribution in [-0.2, 0) is 20.8 Å². The number of benzene rings is 2. The van der Waals surface area contributed by atoms with Gasteiger partial charge < -0.3 is 5.32 Å². The molecule has 2 amide bonds. The summed E-state index contributed by atoms with van der Waals surface area (Å²) < 4.78 is 0. The van der Waals surface area contributed by atoms with Crippen LogP contribution in [0, 0.1) is 0 Å². The molecule has 0 aromatic heterocycles. The maximum Gasteiger partial charge on any atom is 0.248 e. The van der Waals surface area contributed by atoms with Gasteiger partial charge in [-0.15, -0.1) is 0 Å². The highest BCUT2D eigenvalue weighted by Gasteiger charge is 2.23. The number of rotatable bonds is 6. The summed E-state index contributed by atoms with van der Waals surface area (Å²) in [7, 11) is 0. The van der Waals surface area contributed by atoms with Crippen LogP contribution in [0.5, 0.6) is 0 Å². The summed E-state index contributed by atoms with van der Waals surface area (Å²) in [4.78, 5) is 28.3. The SMILES string of the molecule is O=C(Cc1cccc2ccccc12)NOCC(=O)NC1CC1. The Labute approximate surface area is 128 Å². The third-order valence-corrected chi connectivity index (χ3v) is 3.56. The second kappa shape index (κ2) is 6.58. The molecule has 2 aromatic carbocycles. The van der Waals surface area contributed by atoms with Gasteiger partial charge in [0.05, 0.1) is 6.42 Å². The van der Waals surface area contributed by atoms with Gasteiger partial charge in [0.25, 0.3) is 0 Å². The summed E-state index contributed by atoms with van der Waals surface area (Å²) >= 11 is 0. The van der Waals surface area contributed by atoms with E-state index < -0.39 is 0 Å². The lowest BCUT2D eigenvalue weighted by atomic mass is 10.0. The molecule has 2 aromatic rings. The minimum atomic E-state index is -0.268. The van der Waals surface area contributed by atoms with Crippen LogP contribution in [-0.4, -0.2) is 24.5 Å². The third kappa shape index (κ3) is 3.83. The predicted molar refractivity (Wildman–Crippen MR) is 82.9 cm³/mol. The molecule has 0 radical (unpaired) electrons. The lowest BCUT2D eigenvalue weighted by Gasteiger charge is -2.08. The van der Waals surface area contributed by atoms with Gasteiger partial charge in [0.1, 0.15) is 0 Å². The van der Waals surface area contributed by atoms with E-state index in [0.29, 0.717) is 6.04 Å². The first-order valence-corrected chi connectivity index (χ1v) is 7.39. The summed E-state index contributed by atoms with van der Waals surface area (Å²) in [5.74, 6) is -0.469. The summed E-state index contributed by atoms with van der Waals surface area (Å²) in [5, 5.41) is 4.93. The highest BCUT2D eigenvalue weighted by Crippen LogP contribution is 2.19. The van der Waals surface area contributed by atoms with Crippen molar-refractivity contribution in [1.29, 1.82) is 0 Å². The van der Waals surface area contributed by atoms with Crippen molar-refractivity contribution in [3.05, 3.63) is 48.0 Å². The highest BCUT2D eigenvalue weighted by atomic mass is 16.7. The zero-order chi connectivity index (χ0) is 15.4. The van der Waals surface area contributed by atoms with E-state index in [-0.39, 0.29) is 24.8 Å². The number of carbonyl (C=O) groups excluding carboxylic acids is 2. The normalized spacial score (nSPS) is 13.8. The van der Waals surface area contributed by atoms with Crippen molar-refractivity contribution in [3.63, 3.8) is 0 Å². The van der Waals surface area contributed by atoms with Crippen molar-refractivity contribution in [3.8, 4) is 0 Å². The average Bonchev–Trinajstić information content (AvgIpc) is 3.31. The summed E-state index contributed by atoms with van der Waals surface area (Å²) in [6, 6.07) is 14.1. The van der Waals surface area contributed by atoms with E-state index >= 15 is 0 Å². The molecule has 1 aliphatic carbocycles. The first-order valence-electron chi connectivity index (χ1n) is 7.39. The number of amides is 2. The molecular weight excluding hydrogens is 280 g/mol. The molecule has 0 atom stereocenters. The maximum atomic E-state index is 11.9. The minimum Gasteiger partial charge on any atom is -0.351 e. The van der Waals surface area contributed by atoms with Gasteiger partial charge in [-0.05, 0) is 29.2 Å². The number of nitrogens with one attached hydrogen (secondary N) is 2. The number of hydrogen-bond donors (Lipinski definition) is 2. The third-order valence-electron chi connectivity index (χ3n) is 3.56. The summed E-state index contributed by atoms with van der Waals surface area (Å²) in [5.41, 5.74) is 3.25. The largest absolute Gasteiger partial charge is 0.351 e. The van der Waals surface area contributed by atoms with Crippen LogP contribution in [0.1, 0.15) is 18.4 Å². The Morgan fingerprint density at radius 3 is 2.64 bits per heavy atom. The molecule has 1 saturated carbocycles. The average molecular weight is 298 g/mol. The van der Waals surface area contributed by atoms with Crippen LogP contribution in [0.25, 0.3) is 10.8 Å². The van der Waals surface area contributed by atoms with Crippen LogP contribution >= 0.6 is 0 Å². The van der Waals surface area contributed by atoms with Crippen molar-refractivity contribution >= 4 is 22.6 Å². The zero-order valence-corrected chi connectivity index (χ0v) is 12.2. The van der Waals surface area contributed by atoms with Gasteiger partial charge in [-0.1, -0.05) is 42.5 Å². The van der Waals surface area contributed by atoms with Crippen LogP contribution in [0.3, 0.4) is 0 Å². The monoisotopic (exact) mass is 298 g/mol. The van der Waals surface area contributed by atoms with E-state index in [0.717, 1.165) is 29.2 Å². The maximum absolute atomic E-state index is 11.9. The smallest absolute Gasteiger partial charge is 0.248 e. The van der Waals surface area contributed by atoms with Crippen LogP contribution in [0.15, 0.2) is 42.5 Å². The zero-order valence-electron chi connectivity index (χ0n) is 12.2. The Kier molecular flexibility index (Phi) is 4.34. The Bertz CT molecular complexity index is 690. The van der Waals surface area contributed by atoms with Crippen LogP contribution in [0.2, 0.25) is 0 Å². The number of hydroxylamine groups is 1. The van der Waals surface area contributed by atoms with E-state index in [9.17, 15) is 9.59 Å². The van der Waals surface area contributed by atoms with E-state index in [2.05, 4.69) is 10.8 Å². The molecule has 0 bridgehead atoms. The first-order chi connectivity index (χ1) is 10.7. The fourth-order valence-electron chi connectivity index (χ4n) is 2.33. The van der Waals surface area contributed by atoms with E-state index in [1.54, 1.807) is 0 Å². The molecule has 0 unspecified atom stereocenters. The first kappa shape index (κ1) is 14.5. The van der Waals surface area contributed by atoms with Crippen molar-refractivity contribution in [2.24, 2.45) is 0 Å². The van der Waals surface area contributed by atoms with Gasteiger partial charge in [-0.3, -0.25) is 14.4 Å².